The van der Waals surface area contributed by atoms with Gasteiger partial charge in [0, 0.05) is 0 Å². The zero-order valence-corrected chi connectivity index (χ0v) is 17.8. The van der Waals surface area contributed by atoms with Crippen molar-refractivity contribution in [2.75, 3.05) is 0 Å². The third-order valence-electron chi connectivity index (χ3n) is 6.14. The number of rotatable bonds is 7. The number of hydrogen-bond donors (Lipinski definition) is 1. The Kier molecular flexibility index (Phi) is 5.98. The number of esters is 1. The van der Waals surface area contributed by atoms with Gasteiger partial charge in [-0.05, 0) is 43.1 Å². The summed E-state index contributed by atoms with van der Waals surface area (Å²) in [5.41, 5.74) is 0.469. The van der Waals surface area contributed by atoms with Crippen molar-refractivity contribution in [3.63, 3.8) is 0 Å². The number of nitrogens with one attached hydrogen (secondary N) is 1. The number of carbonyl (C=O) groups excluding carboxylic acids is 2. The van der Waals surface area contributed by atoms with E-state index in [4.69, 9.17) is 9.16 Å². The van der Waals surface area contributed by atoms with Crippen LogP contribution in [0.2, 0.25) is 18.1 Å². The monoisotopic (exact) mass is 377 g/mol. The van der Waals surface area contributed by atoms with Crippen LogP contribution in [0.5, 0.6) is 0 Å². The van der Waals surface area contributed by atoms with Crippen molar-refractivity contribution >= 4 is 20.2 Å². The largest absolute Gasteiger partial charge is 0.437 e. The first kappa shape index (κ1) is 20.6. The van der Waals surface area contributed by atoms with Crippen LogP contribution in [-0.4, -0.2) is 32.5 Å². The Morgan fingerprint density at radius 2 is 1.73 bits per heavy atom. The first-order chi connectivity index (χ1) is 12.0. The molecule has 1 aromatic rings. The number of amides is 1. The summed E-state index contributed by atoms with van der Waals surface area (Å²) in [6, 6.07) is 8.78. The maximum Gasteiger partial charge on any atom is 0.340 e. The van der Waals surface area contributed by atoms with Crippen molar-refractivity contribution in [1.29, 1.82) is 0 Å². The molecule has 0 aromatic heterocycles. The Morgan fingerprint density at radius 1 is 1.15 bits per heavy atom. The fourth-order valence-electron chi connectivity index (χ4n) is 3.07. The molecule has 0 radical (unpaired) electrons. The quantitative estimate of drug-likeness (QED) is 0.444. The minimum Gasteiger partial charge on any atom is -0.437 e. The van der Waals surface area contributed by atoms with Gasteiger partial charge in [0.15, 0.2) is 14.5 Å². The second-order valence-corrected chi connectivity index (χ2v) is 13.0. The molecule has 1 amide bonds. The normalized spacial score (nSPS) is 21.8. The van der Waals surface area contributed by atoms with Crippen molar-refractivity contribution in [3.05, 3.63) is 35.9 Å². The molecule has 5 nitrogen and oxygen atoms in total. The maximum absolute atomic E-state index is 12.3. The Hall–Kier alpha value is -1.66. The predicted molar refractivity (Wildman–Crippen MR) is 104 cm³/mol. The molecule has 1 unspecified atom stereocenters. The molecule has 0 spiro atoms. The van der Waals surface area contributed by atoms with Crippen molar-refractivity contribution in [2.24, 2.45) is 11.8 Å². The standard InChI is InChI=1S/C20H31NO4Si/c1-13(2)20(4,5)26(6,7)25-14(3)16-17(22)21-18(16)24-19(23)15-11-9-8-10-12-15/h8-14,16,18H,1-7H3,(H,21,22)/t14?,16-,18+/m0/s1. The molecule has 1 aromatic carbocycles. The van der Waals surface area contributed by atoms with Crippen molar-refractivity contribution in [1.82, 2.24) is 5.32 Å². The third-order valence-corrected chi connectivity index (χ3v) is 10.8. The fourth-order valence-corrected chi connectivity index (χ4v) is 5.84. The van der Waals surface area contributed by atoms with Gasteiger partial charge in [-0.15, -0.1) is 0 Å². The summed E-state index contributed by atoms with van der Waals surface area (Å²) in [5, 5.41) is 2.73. The lowest BCUT2D eigenvalue weighted by atomic mass is 9.93. The van der Waals surface area contributed by atoms with Crippen LogP contribution in [0, 0.1) is 11.8 Å². The van der Waals surface area contributed by atoms with Gasteiger partial charge in [-0.2, -0.15) is 0 Å². The van der Waals surface area contributed by atoms with Crippen molar-refractivity contribution in [2.45, 2.75) is 65.1 Å². The van der Waals surface area contributed by atoms with E-state index in [0.29, 0.717) is 11.5 Å². The second-order valence-electron chi connectivity index (χ2n) is 8.44. The molecule has 1 saturated heterocycles. The van der Waals surface area contributed by atoms with Gasteiger partial charge in [-0.1, -0.05) is 45.9 Å². The van der Waals surface area contributed by atoms with Gasteiger partial charge in [0.1, 0.15) is 5.92 Å². The van der Waals surface area contributed by atoms with E-state index in [-0.39, 0.29) is 17.0 Å². The summed E-state index contributed by atoms with van der Waals surface area (Å²) in [4.78, 5) is 24.4. The summed E-state index contributed by atoms with van der Waals surface area (Å²) in [5.74, 6) is -0.571. The lowest BCUT2D eigenvalue weighted by Gasteiger charge is -2.47. The van der Waals surface area contributed by atoms with Crippen LogP contribution < -0.4 is 5.32 Å². The highest BCUT2D eigenvalue weighted by Crippen LogP contribution is 2.45. The fraction of sp³-hybridized carbons (Fsp3) is 0.600. The Labute approximate surface area is 157 Å². The summed E-state index contributed by atoms with van der Waals surface area (Å²) in [7, 11) is -2.09. The van der Waals surface area contributed by atoms with Crippen LogP contribution in [0.15, 0.2) is 30.3 Å². The van der Waals surface area contributed by atoms with Gasteiger partial charge in [-0.25, -0.2) is 4.79 Å². The molecule has 0 saturated carbocycles. The first-order valence-electron chi connectivity index (χ1n) is 9.21. The van der Waals surface area contributed by atoms with Gasteiger partial charge in [0.05, 0.1) is 11.7 Å². The molecule has 1 aliphatic heterocycles. The predicted octanol–water partition coefficient (Wildman–Crippen LogP) is 3.96. The van der Waals surface area contributed by atoms with E-state index < -0.39 is 26.4 Å². The van der Waals surface area contributed by atoms with Crippen LogP contribution in [-0.2, 0) is 14.0 Å². The van der Waals surface area contributed by atoms with Gasteiger partial charge in [0.25, 0.3) is 0 Å². The Balaban J connectivity index is 2.04. The van der Waals surface area contributed by atoms with Crippen LogP contribution in [0.1, 0.15) is 45.0 Å². The summed E-state index contributed by atoms with van der Waals surface area (Å²) >= 11 is 0. The van der Waals surface area contributed by atoms with Crippen molar-refractivity contribution in [3.8, 4) is 0 Å². The van der Waals surface area contributed by atoms with E-state index in [2.05, 4.69) is 46.1 Å². The average Bonchev–Trinajstić information content (AvgIpc) is 2.53. The first-order valence-corrected chi connectivity index (χ1v) is 12.1. The molecule has 6 heteroatoms. The minimum absolute atomic E-state index is 0.0533. The van der Waals surface area contributed by atoms with Crippen LogP contribution in [0.4, 0.5) is 0 Å². The molecule has 2 rings (SSSR count). The molecule has 0 aliphatic carbocycles. The molecule has 144 valence electrons. The van der Waals surface area contributed by atoms with Gasteiger partial charge >= 0.3 is 5.97 Å². The summed E-state index contributed by atoms with van der Waals surface area (Å²) < 4.78 is 11.9. The average molecular weight is 378 g/mol. The molecule has 26 heavy (non-hydrogen) atoms. The summed E-state index contributed by atoms with van der Waals surface area (Å²) in [6.45, 7) is 15.1. The molecule has 1 N–H and O–H groups in total. The molecule has 3 atom stereocenters. The number of hydrogen-bond acceptors (Lipinski definition) is 4. The lowest BCUT2D eigenvalue weighted by Crippen LogP contribution is -2.65. The molecule has 0 bridgehead atoms. The van der Waals surface area contributed by atoms with Gasteiger partial charge in [0.2, 0.25) is 5.91 Å². The highest BCUT2D eigenvalue weighted by molar-refractivity contribution is 6.74. The molecular formula is C20H31NO4Si. The summed E-state index contributed by atoms with van der Waals surface area (Å²) in [6.07, 6.45) is -0.950. The van der Waals surface area contributed by atoms with Crippen LogP contribution >= 0.6 is 0 Å². The molecule has 1 heterocycles. The molecular weight excluding hydrogens is 346 g/mol. The van der Waals surface area contributed by atoms with Gasteiger partial charge < -0.3 is 14.5 Å². The molecule has 1 fully saturated rings. The van der Waals surface area contributed by atoms with E-state index in [1.54, 1.807) is 24.3 Å². The lowest BCUT2D eigenvalue weighted by molar-refractivity contribution is -0.154. The van der Waals surface area contributed by atoms with E-state index in [9.17, 15) is 9.59 Å². The SMILES string of the molecule is CC(O[Si](C)(C)C(C)(C)C(C)C)[C@H]1C(=O)N[C@@H]1OC(=O)c1ccccc1. The number of carbonyl (C=O) groups is 2. The smallest absolute Gasteiger partial charge is 0.340 e. The topological polar surface area (TPSA) is 64.6 Å². The number of benzene rings is 1. The maximum atomic E-state index is 12.3. The van der Waals surface area contributed by atoms with Crippen LogP contribution in [0.25, 0.3) is 0 Å². The third kappa shape index (κ3) is 4.01. The minimum atomic E-state index is -2.09. The van der Waals surface area contributed by atoms with Crippen molar-refractivity contribution < 1.29 is 18.8 Å². The van der Waals surface area contributed by atoms with Gasteiger partial charge in [-0.3, -0.25) is 4.79 Å². The van der Waals surface area contributed by atoms with E-state index in [1.807, 2.05) is 13.0 Å². The Morgan fingerprint density at radius 3 is 2.23 bits per heavy atom. The van der Waals surface area contributed by atoms with Crippen LogP contribution in [0.3, 0.4) is 0 Å². The second kappa shape index (κ2) is 7.52. The van der Waals surface area contributed by atoms with E-state index in [1.165, 1.54) is 0 Å². The van der Waals surface area contributed by atoms with E-state index in [0.717, 1.165) is 0 Å². The number of ether oxygens (including phenoxy) is 1. The number of β-lactam (4-membered cyclic amide) rings is 1. The zero-order valence-electron chi connectivity index (χ0n) is 16.8. The highest BCUT2D eigenvalue weighted by Gasteiger charge is 2.50. The Bertz CT molecular complexity index is 657. The zero-order chi connectivity index (χ0) is 19.7. The van der Waals surface area contributed by atoms with E-state index >= 15 is 0 Å². The highest BCUT2D eigenvalue weighted by atomic mass is 28.4. The molecule has 1 aliphatic rings.